The number of ether oxygens (including phenoxy) is 1. The molecule has 0 unspecified atom stereocenters. The summed E-state index contributed by atoms with van der Waals surface area (Å²) in [5, 5.41) is 15.2. The Morgan fingerprint density at radius 2 is 2.13 bits per heavy atom. The number of rotatable bonds is 7. The van der Waals surface area contributed by atoms with E-state index < -0.39 is 10.9 Å². The second-order valence-electron chi connectivity index (χ2n) is 6.57. The van der Waals surface area contributed by atoms with Crippen molar-refractivity contribution in [1.82, 2.24) is 0 Å². The number of carbonyl (C=O) groups is 1. The number of anilines is 2. The van der Waals surface area contributed by atoms with Crippen LogP contribution in [0.25, 0.3) is 10.9 Å². The zero-order valence-corrected chi connectivity index (χ0v) is 17.1. The van der Waals surface area contributed by atoms with Crippen LogP contribution in [0.5, 0.6) is 0 Å². The number of nitrogens with zero attached hydrogens (tertiary/aromatic N) is 2. The lowest BCUT2D eigenvalue weighted by atomic mass is 10.1. The van der Waals surface area contributed by atoms with Gasteiger partial charge in [-0.05, 0) is 44.3 Å². The molecule has 1 heterocycles. The van der Waals surface area contributed by atoms with Gasteiger partial charge in [0.15, 0.2) is 6.20 Å². The Kier molecular flexibility index (Phi) is 6.56. The lowest BCUT2D eigenvalue weighted by Gasteiger charge is -2.12. The van der Waals surface area contributed by atoms with Crippen molar-refractivity contribution in [3.05, 3.63) is 76.1 Å². The number of hydrogen-bond acceptors (Lipinski definition) is 7. The van der Waals surface area contributed by atoms with Crippen LogP contribution in [0, 0.1) is 17.0 Å². The van der Waals surface area contributed by atoms with E-state index in [1.54, 1.807) is 50.5 Å². The van der Waals surface area contributed by atoms with Crippen molar-refractivity contribution in [2.75, 3.05) is 11.9 Å². The van der Waals surface area contributed by atoms with Gasteiger partial charge in [-0.3, -0.25) is 15.1 Å². The Labute approximate surface area is 178 Å². The average Bonchev–Trinajstić information content (AvgIpc) is 2.75. The summed E-state index contributed by atoms with van der Waals surface area (Å²) in [6.07, 6.45) is 6.06. The monoisotopic (exact) mass is 420 g/mol. The third-order valence-corrected chi connectivity index (χ3v) is 4.51. The van der Waals surface area contributed by atoms with Crippen LogP contribution >= 0.6 is 0 Å². The number of esters is 1. The highest BCUT2D eigenvalue weighted by molar-refractivity contribution is 6.05. The molecule has 0 amide bonds. The SMILES string of the molecule is CCOC(=O)c1c[nH+]c2ccc(N=CC=CN)cc2c1Nc1ccc(C)c([N+](=O)[O-])c1. The van der Waals surface area contributed by atoms with Crippen LogP contribution in [0.4, 0.5) is 22.7 Å². The summed E-state index contributed by atoms with van der Waals surface area (Å²) in [5.74, 6) is -0.523. The number of nitro groups is 1. The second-order valence-corrected chi connectivity index (χ2v) is 6.57. The molecular formula is C22H22N5O4+. The molecule has 9 heteroatoms. The van der Waals surface area contributed by atoms with Crippen molar-refractivity contribution < 1.29 is 19.4 Å². The largest absolute Gasteiger partial charge is 0.462 e. The van der Waals surface area contributed by atoms with Gasteiger partial charge in [0, 0.05) is 29.6 Å². The van der Waals surface area contributed by atoms with E-state index in [4.69, 9.17) is 10.5 Å². The summed E-state index contributed by atoms with van der Waals surface area (Å²) in [6, 6.07) is 10.2. The molecule has 0 fully saturated rings. The number of pyridine rings is 1. The lowest BCUT2D eigenvalue weighted by Crippen LogP contribution is -2.15. The summed E-state index contributed by atoms with van der Waals surface area (Å²) >= 11 is 0. The molecule has 9 nitrogen and oxygen atoms in total. The molecule has 0 atom stereocenters. The number of benzene rings is 2. The molecule has 0 spiro atoms. The average molecular weight is 420 g/mol. The summed E-state index contributed by atoms with van der Waals surface area (Å²) in [5.41, 5.74) is 8.42. The van der Waals surface area contributed by atoms with E-state index >= 15 is 0 Å². The Morgan fingerprint density at radius 1 is 1.32 bits per heavy atom. The Morgan fingerprint density at radius 3 is 2.84 bits per heavy atom. The van der Waals surface area contributed by atoms with Gasteiger partial charge in [0.05, 0.1) is 28.3 Å². The number of fused-ring (bicyclic) bond motifs is 1. The van der Waals surface area contributed by atoms with Crippen molar-refractivity contribution in [3.63, 3.8) is 0 Å². The molecule has 0 aliphatic heterocycles. The number of aliphatic imine (C=N–C) groups is 1. The molecule has 3 aromatic rings. The maximum absolute atomic E-state index is 12.6. The number of hydrogen-bond donors (Lipinski definition) is 2. The molecule has 1 aromatic heterocycles. The fourth-order valence-electron chi connectivity index (χ4n) is 3.02. The number of allylic oxidation sites excluding steroid dienone is 1. The highest BCUT2D eigenvalue weighted by Crippen LogP contribution is 2.32. The smallest absolute Gasteiger partial charge is 0.346 e. The highest BCUT2D eigenvalue weighted by atomic mass is 16.6. The van der Waals surface area contributed by atoms with Gasteiger partial charge in [0.25, 0.3) is 5.69 Å². The standard InChI is InChI=1S/C22H21N5O4/c1-3-31-22(28)18-13-25-19-8-7-15(24-10-4-9-23)11-17(19)21(18)26-16-6-5-14(2)20(12-16)27(29)30/h4-13H,3,23H2,1-2H3,(H,25,26)/p+1. The molecule has 4 N–H and O–H groups in total. The fraction of sp³-hybridized carbons (Fsp3) is 0.136. The summed E-state index contributed by atoms with van der Waals surface area (Å²) < 4.78 is 5.19. The van der Waals surface area contributed by atoms with Crippen LogP contribution in [0.1, 0.15) is 22.8 Å². The molecule has 3 rings (SSSR count). The predicted molar refractivity (Wildman–Crippen MR) is 119 cm³/mol. The first-order valence-corrected chi connectivity index (χ1v) is 9.53. The van der Waals surface area contributed by atoms with Gasteiger partial charge in [-0.15, -0.1) is 0 Å². The maximum Gasteiger partial charge on any atom is 0.346 e. The normalized spacial score (nSPS) is 11.3. The van der Waals surface area contributed by atoms with E-state index in [0.717, 1.165) is 5.52 Å². The molecule has 0 saturated carbocycles. The summed E-state index contributed by atoms with van der Waals surface area (Å²) in [6.45, 7) is 3.60. The number of nitrogens with one attached hydrogen (secondary N) is 2. The lowest BCUT2D eigenvalue weighted by molar-refractivity contribution is -0.385. The van der Waals surface area contributed by atoms with Crippen molar-refractivity contribution in [1.29, 1.82) is 0 Å². The zero-order valence-electron chi connectivity index (χ0n) is 17.1. The van der Waals surface area contributed by atoms with Gasteiger partial charge in [0.1, 0.15) is 5.56 Å². The van der Waals surface area contributed by atoms with E-state index in [-0.39, 0.29) is 17.9 Å². The number of H-pyrrole nitrogens is 1. The molecule has 0 aliphatic carbocycles. The topological polar surface area (TPSA) is 134 Å². The van der Waals surface area contributed by atoms with Crippen molar-refractivity contribution in [2.45, 2.75) is 13.8 Å². The minimum atomic E-state index is -0.523. The van der Waals surface area contributed by atoms with Crippen molar-refractivity contribution >= 4 is 45.8 Å². The third kappa shape index (κ3) is 4.84. The first kappa shape index (κ1) is 21.4. The fourth-order valence-corrected chi connectivity index (χ4v) is 3.02. The summed E-state index contributed by atoms with van der Waals surface area (Å²) in [7, 11) is 0. The highest BCUT2D eigenvalue weighted by Gasteiger charge is 2.22. The Hall–Kier alpha value is -4.27. The molecular weight excluding hydrogens is 398 g/mol. The third-order valence-electron chi connectivity index (χ3n) is 4.51. The number of aryl methyl sites for hydroxylation is 1. The first-order valence-electron chi connectivity index (χ1n) is 9.53. The van der Waals surface area contributed by atoms with Gasteiger partial charge in [-0.2, -0.15) is 0 Å². The van der Waals surface area contributed by atoms with E-state index in [0.29, 0.717) is 28.0 Å². The molecule has 0 aliphatic rings. The number of nitrogens with two attached hydrogens (primary N) is 1. The Balaban J connectivity index is 2.18. The maximum atomic E-state index is 12.6. The van der Waals surface area contributed by atoms with Crippen LogP contribution in [0.3, 0.4) is 0 Å². The van der Waals surface area contributed by atoms with Crippen LogP contribution in [0.2, 0.25) is 0 Å². The van der Waals surface area contributed by atoms with E-state index in [1.165, 1.54) is 12.3 Å². The minimum absolute atomic E-state index is 0.0201. The van der Waals surface area contributed by atoms with Crippen LogP contribution in [-0.2, 0) is 4.74 Å². The quantitative estimate of drug-likeness (QED) is 0.257. The molecule has 158 valence electrons. The minimum Gasteiger partial charge on any atom is -0.462 e. The molecule has 2 aromatic carbocycles. The predicted octanol–water partition coefficient (Wildman–Crippen LogP) is 3.97. The number of aromatic nitrogens is 1. The molecule has 31 heavy (non-hydrogen) atoms. The van der Waals surface area contributed by atoms with Crippen LogP contribution < -0.4 is 16.0 Å². The van der Waals surface area contributed by atoms with Crippen molar-refractivity contribution in [2.24, 2.45) is 10.7 Å². The number of nitro benzene ring substituents is 1. The molecule has 0 saturated heterocycles. The van der Waals surface area contributed by atoms with Gasteiger partial charge in [-0.1, -0.05) is 6.07 Å². The van der Waals surface area contributed by atoms with Gasteiger partial charge >= 0.3 is 5.97 Å². The van der Waals surface area contributed by atoms with Gasteiger partial charge in [-0.25, -0.2) is 9.78 Å². The van der Waals surface area contributed by atoms with Crippen LogP contribution in [0.15, 0.2) is 59.9 Å². The Bertz CT molecular complexity index is 1200. The van der Waals surface area contributed by atoms with E-state index in [9.17, 15) is 14.9 Å². The molecule has 0 radical (unpaired) electrons. The number of carbonyl (C=O) groups excluding carboxylic acids is 1. The van der Waals surface area contributed by atoms with Crippen LogP contribution in [-0.4, -0.2) is 23.7 Å². The zero-order chi connectivity index (χ0) is 22.4. The van der Waals surface area contributed by atoms with E-state index in [1.807, 2.05) is 12.1 Å². The second kappa shape index (κ2) is 9.49. The van der Waals surface area contributed by atoms with Gasteiger partial charge < -0.3 is 15.8 Å². The molecule has 0 bridgehead atoms. The van der Waals surface area contributed by atoms with Gasteiger partial charge in [0.2, 0.25) is 5.52 Å². The van der Waals surface area contributed by atoms with Crippen molar-refractivity contribution in [3.8, 4) is 0 Å². The number of aromatic amines is 1. The summed E-state index contributed by atoms with van der Waals surface area (Å²) in [4.78, 5) is 30.9. The van der Waals surface area contributed by atoms with E-state index in [2.05, 4.69) is 15.3 Å². The first-order chi connectivity index (χ1) is 14.9.